The van der Waals surface area contributed by atoms with Crippen LogP contribution in [0.15, 0.2) is 85.1 Å². The highest BCUT2D eigenvalue weighted by Gasteiger charge is 2.39. The van der Waals surface area contributed by atoms with E-state index in [2.05, 4.69) is 15.6 Å². The second-order valence-electron chi connectivity index (χ2n) is 9.78. The van der Waals surface area contributed by atoms with Gasteiger partial charge in [0.15, 0.2) is 0 Å². The van der Waals surface area contributed by atoms with E-state index >= 15 is 0 Å². The largest absolute Gasteiger partial charge is 0.508 e. The molecule has 0 aliphatic heterocycles. The molecular formula is C30H28N4O6. The number of carbonyl (C=O) groups is 3. The highest BCUT2D eigenvalue weighted by atomic mass is 16.5. The number of fused-ring (bicyclic) bond motifs is 2. The maximum Gasteiger partial charge on any atom is 0.266 e. The van der Waals surface area contributed by atoms with Gasteiger partial charge in [-0.1, -0.05) is 42.5 Å². The van der Waals surface area contributed by atoms with Gasteiger partial charge in [0, 0.05) is 23.6 Å². The fraction of sp³-hybridized carbons (Fsp3) is 0.200. The molecule has 0 radical (unpaired) electrons. The first-order valence-electron chi connectivity index (χ1n) is 12.8. The summed E-state index contributed by atoms with van der Waals surface area (Å²) in [5.41, 5.74) is 4.65. The van der Waals surface area contributed by atoms with Gasteiger partial charge < -0.3 is 20.8 Å². The van der Waals surface area contributed by atoms with E-state index in [0.717, 1.165) is 11.1 Å². The Hall–Kier alpha value is -4.80. The SMILES string of the molecule is O=C(N[C@H](C(=O)NO)[C@@H](Cc1cccc(O)c1)C(=O)N[C@H]1c2ccccc2C[C@H]1O)c1ccc2ncccc2c1. The Morgan fingerprint density at radius 2 is 1.77 bits per heavy atom. The summed E-state index contributed by atoms with van der Waals surface area (Å²) in [7, 11) is 0. The highest BCUT2D eigenvalue weighted by Crippen LogP contribution is 2.32. The molecule has 0 fully saturated rings. The third-order valence-corrected chi connectivity index (χ3v) is 7.15. The van der Waals surface area contributed by atoms with E-state index in [-0.39, 0.29) is 17.7 Å². The summed E-state index contributed by atoms with van der Waals surface area (Å²) in [6, 6.07) is 19.7. The van der Waals surface area contributed by atoms with Crippen LogP contribution in [-0.2, 0) is 22.4 Å². The summed E-state index contributed by atoms with van der Waals surface area (Å²) < 4.78 is 0. The molecule has 40 heavy (non-hydrogen) atoms. The number of aromatic nitrogens is 1. The van der Waals surface area contributed by atoms with Gasteiger partial charge in [-0.3, -0.25) is 24.6 Å². The van der Waals surface area contributed by atoms with E-state index in [1.54, 1.807) is 54.1 Å². The number of amides is 3. The van der Waals surface area contributed by atoms with Crippen molar-refractivity contribution in [3.05, 3.63) is 107 Å². The number of hydroxylamine groups is 1. The number of hydrogen-bond donors (Lipinski definition) is 6. The summed E-state index contributed by atoms with van der Waals surface area (Å²) in [5.74, 6) is -3.52. The van der Waals surface area contributed by atoms with Crippen LogP contribution in [0.4, 0.5) is 0 Å². The van der Waals surface area contributed by atoms with Crippen molar-refractivity contribution in [3.8, 4) is 5.75 Å². The average Bonchev–Trinajstić information content (AvgIpc) is 3.28. The monoisotopic (exact) mass is 540 g/mol. The number of carbonyl (C=O) groups excluding carboxylic acids is 3. The zero-order valence-electron chi connectivity index (χ0n) is 21.3. The number of rotatable bonds is 8. The molecule has 0 spiro atoms. The van der Waals surface area contributed by atoms with Crippen LogP contribution in [0, 0.1) is 5.92 Å². The summed E-state index contributed by atoms with van der Waals surface area (Å²) in [4.78, 5) is 44.3. The fourth-order valence-electron chi connectivity index (χ4n) is 5.17. The minimum atomic E-state index is -1.50. The molecular weight excluding hydrogens is 512 g/mol. The molecule has 0 bridgehead atoms. The second-order valence-corrected chi connectivity index (χ2v) is 9.78. The first-order valence-corrected chi connectivity index (χ1v) is 12.8. The number of hydrogen-bond acceptors (Lipinski definition) is 7. The van der Waals surface area contributed by atoms with Gasteiger partial charge in [0.1, 0.15) is 11.8 Å². The van der Waals surface area contributed by atoms with Crippen molar-refractivity contribution >= 4 is 28.6 Å². The number of aliphatic hydroxyl groups is 1. The molecule has 3 aromatic carbocycles. The van der Waals surface area contributed by atoms with Crippen molar-refractivity contribution in [2.75, 3.05) is 0 Å². The lowest BCUT2D eigenvalue weighted by atomic mass is 9.89. The van der Waals surface area contributed by atoms with E-state index in [0.29, 0.717) is 22.9 Å². The van der Waals surface area contributed by atoms with Gasteiger partial charge in [-0.25, -0.2) is 5.48 Å². The van der Waals surface area contributed by atoms with Gasteiger partial charge in [0.2, 0.25) is 5.91 Å². The summed E-state index contributed by atoms with van der Waals surface area (Å²) in [6.45, 7) is 0. The van der Waals surface area contributed by atoms with Crippen LogP contribution in [0.1, 0.15) is 33.1 Å². The third-order valence-electron chi connectivity index (χ3n) is 7.15. The molecule has 0 saturated heterocycles. The molecule has 10 heteroatoms. The number of phenolic OH excluding ortho intramolecular Hbond substituents is 1. The van der Waals surface area contributed by atoms with Crippen LogP contribution in [0.5, 0.6) is 5.75 Å². The van der Waals surface area contributed by atoms with Crippen molar-refractivity contribution in [1.82, 2.24) is 21.1 Å². The van der Waals surface area contributed by atoms with Crippen LogP contribution in [0.25, 0.3) is 10.9 Å². The molecule has 0 saturated carbocycles. The maximum atomic E-state index is 13.8. The second kappa shape index (κ2) is 11.5. The van der Waals surface area contributed by atoms with Gasteiger partial charge >= 0.3 is 0 Å². The van der Waals surface area contributed by atoms with E-state index < -0.39 is 41.8 Å². The lowest BCUT2D eigenvalue weighted by Crippen LogP contribution is -2.55. The maximum absolute atomic E-state index is 13.8. The van der Waals surface area contributed by atoms with E-state index in [4.69, 9.17) is 0 Å². The Morgan fingerprint density at radius 3 is 2.58 bits per heavy atom. The van der Waals surface area contributed by atoms with Crippen molar-refractivity contribution in [3.63, 3.8) is 0 Å². The van der Waals surface area contributed by atoms with Crippen molar-refractivity contribution in [2.24, 2.45) is 5.92 Å². The van der Waals surface area contributed by atoms with Crippen molar-refractivity contribution in [2.45, 2.75) is 31.0 Å². The molecule has 1 heterocycles. The third kappa shape index (κ3) is 5.63. The Morgan fingerprint density at radius 1 is 0.950 bits per heavy atom. The predicted molar refractivity (Wildman–Crippen MR) is 145 cm³/mol. The number of benzene rings is 3. The number of nitrogens with zero attached hydrogens (tertiary/aromatic N) is 1. The van der Waals surface area contributed by atoms with Crippen LogP contribution >= 0.6 is 0 Å². The molecule has 5 rings (SSSR count). The van der Waals surface area contributed by atoms with Gasteiger partial charge in [-0.2, -0.15) is 0 Å². The zero-order valence-corrected chi connectivity index (χ0v) is 21.3. The summed E-state index contributed by atoms with van der Waals surface area (Å²) >= 11 is 0. The Balaban J connectivity index is 1.46. The number of pyridine rings is 1. The Kier molecular flexibility index (Phi) is 7.72. The standard InChI is InChI=1S/C30H28N4O6/c35-21-8-3-5-17(13-21)14-23(29(38)32-26-22-9-2-1-6-18(22)16-25(26)36)27(30(39)34-40)33-28(37)20-10-11-24-19(15-20)7-4-12-31-24/h1-13,15,23,25-27,35-36,40H,14,16H2,(H,32,38)(H,33,37)(H,34,39)/t23-,25-,26+,27+/m1/s1. The van der Waals surface area contributed by atoms with E-state index in [1.165, 1.54) is 12.1 Å². The first kappa shape index (κ1) is 26.8. The topological polar surface area (TPSA) is 161 Å². The van der Waals surface area contributed by atoms with Gasteiger partial charge in [0.05, 0.1) is 23.6 Å². The molecule has 10 nitrogen and oxygen atoms in total. The Bertz CT molecular complexity index is 1570. The molecule has 6 N–H and O–H groups in total. The molecule has 204 valence electrons. The van der Waals surface area contributed by atoms with E-state index in [1.807, 2.05) is 24.3 Å². The normalized spacial score (nSPS) is 17.4. The van der Waals surface area contributed by atoms with Crippen LogP contribution < -0.4 is 16.1 Å². The highest BCUT2D eigenvalue weighted by molar-refractivity contribution is 6.01. The van der Waals surface area contributed by atoms with Crippen molar-refractivity contribution in [1.29, 1.82) is 0 Å². The molecule has 4 aromatic rings. The van der Waals surface area contributed by atoms with E-state index in [9.17, 15) is 29.8 Å². The molecule has 4 atom stereocenters. The number of nitrogens with one attached hydrogen (secondary N) is 3. The van der Waals surface area contributed by atoms with Gasteiger partial charge in [-0.15, -0.1) is 0 Å². The zero-order chi connectivity index (χ0) is 28.2. The number of aromatic hydroxyl groups is 1. The molecule has 0 unspecified atom stereocenters. The lowest BCUT2D eigenvalue weighted by Gasteiger charge is -2.28. The fourth-order valence-corrected chi connectivity index (χ4v) is 5.17. The Labute approximate surface area is 229 Å². The summed E-state index contributed by atoms with van der Waals surface area (Å²) in [5, 5.41) is 36.4. The molecule has 1 aliphatic rings. The lowest BCUT2D eigenvalue weighted by molar-refractivity contribution is -0.137. The number of aliphatic hydroxyl groups excluding tert-OH is 1. The molecule has 1 aromatic heterocycles. The van der Waals surface area contributed by atoms with Gasteiger partial charge in [-0.05, 0) is 59.5 Å². The predicted octanol–water partition coefficient (Wildman–Crippen LogP) is 2.18. The minimum absolute atomic E-state index is 0.0335. The van der Waals surface area contributed by atoms with Crippen molar-refractivity contribution < 1.29 is 29.8 Å². The van der Waals surface area contributed by atoms with Crippen LogP contribution in [-0.4, -0.2) is 50.3 Å². The van der Waals surface area contributed by atoms with Crippen LogP contribution in [0.2, 0.25) is 0 Å². The average molecular weight is 541 g/mol. The molecule has 1 aliphatic carbocycles. The van der Waals surface area contributed by atoms with Gasteiger partial charge in [0.25, 0.3) is 11.8 Å². The number of phenols is 1. The minimum Gasteiger partial charge on any atom is -0.508 e. The molecule has 3 amide bonds. The van der Waals surface area contributed by atoms with Crippen LogP contribution in [0.3, 0.4) is 0 Å². The quantitative estimate of drug-likeness (QED) is 0.147. The smallest absolute Gasteiger partial charge is 0.266 e. The first-order chi connectivity index (χ1) is 19.3. The summed E-state index contributed by atoms with van der Waals surface area (Å²) in [6.07, 6.45) is 1.04.